The molecule has 31 heavy (non-hydrogen) atoms. The minimum absolute atomic E-state index is 0.229. The van der Waals surface area contributed by atoms with Crippen molar-refractivity contribution < 1.29 is 13.9 Å². The number of fused-ring (bicyclic) bond motifs is 1. The molecule has 0 fully saturated rings. The van der Waals surface area contributed by atoms with E-state index in [4.69, 9.17) is 10.00 Å². The minimum Gasteiger partial charge on any atom is -0.489 e. The first-order chi connectivity index (χ1) is 15.0. The number of carbonyl (C=O) groups excluding carboxylic acids is 1. The van der Waals surface area contributed by atoms with E-state index >= 15 is 0 Å². The average Bonchev–Trinajstić information content (AvgIpc) is 3.10. The molecule has 0 saturated heterocycles. The third-order valence-corrected chi connectivity index (χ3v) is 6.24. The van der Waals surface area contributed by atoms with Crippen LogP contribution in [0, 0.1) is 24.1 Å². The Bertz CT molecular complexity index is 1290. The van der Waals surface area contributed by atoms with Crippen molar-refractivity contribution in [3.05, 3.63) is 94.1 Å². The summed E-state index contributed by atoms with van der Waals surface area (Å²) in [5.41, 5.74) is 3.20. The number of anilines is 1. The Morgan fingerprint density at radius 1 is 1.13 bits per heavy atom. The van der Waals surface area contributed by atoms with E-state index in [0.29, 0.717) is 22.7 Å². The van der Waals surface area contributed by atoms with E-state index in [1.54, 1.807) is 6.07 Å². The molecule has 0 saturated carbocycles. The fourth-order valence-corrected chi connectivity index (χ4v) is 4.40. The van der Waals surface area contributed by atoms with E-state index in [2.05, 4.69) is 11.4 Å². The minimum atomic E-state index is -0.316. The number of aryl methyl sites for hydroxylation is 1. The quantitative estimate of drug-likeness (QED) is 0.393. The second kappa shape index (κ2) is 8.99. The van der Waals surface area contributed by atoms with Gasteiger partial charge in [0, 0.05) is 16.0 Å². The topological polar surface area (TPSA) is 62.1 Å². The molecule has 6 heteroatoms. The molecule has 154 valence electrons. The third kappa shape index (κ3) is 4.57. The van der Waals surface area contributed by atoms with Crippen LogP contribution in [-0.2, 0) is 13.0 Å². The summed E-state index contributed by atoms with van der Waals surface area (Å²) in [5, 5.41) is 12.5. The van der Waals surface area contributed by atoms with Gasteiger partial charge in [0.25, 0.3) is 5.91 Å². The molecule has 1 heterocycles. The van der Waals surface area contributed by atoms with Gasteiger partial charge in [-0.3, -0.25) is 4.79 Å². The lowest BCUT2D eigenvalue weighted by Crippen LogP contribution is -2.13. The Hall–Kier alpha value is -3.69. The number of ether oxygens (including phenoxy) is 1. The van der Waals surface area contributed by atoms with Crippen LogP contribution < -0.4 is 10.1 Å². The fourth-order valence-electron chi connectivity index (χ4n) is 3.31. The van der Waals surface area contributed by atoms with Gasteiger partial charge in [-0.15, -0.1) is 11.3 Å². The van der Waals surface area contributed by atoms with Gasteiger partial charge in [0.2, 0.25) is 0 Å². The number of carbonyl (C=O) groups is 1. The van der Waals surface area contributed by atoms with Crippen LogP contribution in [0.3, 0.4) is 0 Å². The van der Waals surface area contributed by atoms with Crippen molar-refractivity contribution >= 4 is 33.0 Å². The molecule has 0 aliphatic heterocycles. The predicted octanol–water partition coefficient (Wildman–Crippen LogP) is 6.25. The van der Waals surface area contributed by atoms with Gasteiger partial charge in [-0.2, -0.15) is 5.26 Å². The van der Waals surface area contributed by atoms with Gasteiger partial charge in [0.05, 0.1) is 17.4 Å². The molecule has 4 aromatic rings. The molecule has 0 radical (unpaired) electrons. The highest BCUT2D eigenvalue weighted by Crippen LogP contribution is 2.32. The van der Waals surface area contributed by atoms with Gasteiger partial charge in [0.1, 0.15) is 18.2 Å². The highest BCUT2D eigenvalue weighted by atomic mass is 32.1. The first-order valence-electron chi connectivity index (χ1n) is 9.72. The number of hydrogen-bond acceptors (Lipinski definition) is 4. The third-order valence-electron chi connectivity index (χ3n) is 4.97. The molecule has 4 nitrogen and oxygen atoms in total. The number of benzene rings is 3. The Labute approximate surface area is 183 Å². The summed E-state index contributed by atoms with van der Waals surface area (Å²) >= 11 is 1.35. The number of thiophene rings is 1. The summed E-state index contributed by atoms with van der Waals surface area (Å²) in [6, 6.07) is 21.5. The van der Waals surface area contributed by atoms with Crippen LogP contribution in [0.1, 0.15) is 26.4 Å². The summed E-state index contributed by atoms with van der Waals surface area (Å²) in [6.45, 7) is 2.11. The number of hydrogen-bond donors (Lipinski definition) is 1. The molecule has 0 bridgehead atoms. The summed E-state index contributed by atoms with van der Waals surface area (Å²) in [5.74, 6) is 0.140. The molecule has 1 aromatic heterocycles. The van der Waals surface area contributed by atoms with Crippen molar-refractivity contribution in [3.8, 4) is 11.8 Å². The lowest BCUT2D eigenvalue weighted by Gasteiger charge is -2.12. The van der Waals surface area contributed by atoms with E-state index < -0.39 is 0 Å². The van der Waals surface area contributed by atoms with Crippen LogP contribution in [0.5, 0.6) is 5.75 Å². The molecule has 0 aliphatic carbocycles. The second-order valence-corrected chi connectivity index (χ2v) is 8.13. The number of amides is 1. The highest BCUT2D eigenvalue weighted by molar-refractivity contribution is 7.21. The zero-order valence-electron chi connectivity index (χ0n) is 16.8. The Kier molecular flexibility index (Phi) is 5.96. The van der Waals surface area contributed by atoms with Gasteiger partial charge >= 0.3 is 0 Å². The van der Waals surface area contributed by atoms with Crippen molar-refractivity contribution in [2.45, 2.75) is 20.0 Å². The summed E-state index contributed by atoms with van der Waals surface area (Å²) in [6.07, 6.45) is 0.360. The largest absolute Gasteiger partial charge is 0.489 e. The van der Waals surface area contributed by atoms with Crippen LogP contribution >= 0.6 is 11.3 Å². The molecule has 0 spiro atoms. The number of nitriles is 1. The number of nitrogens with one attached hydrogen (secondary N) is 1. The van der Waals surface area contributed by atoms with E-state index in [0.717, 1.165) is 26.8 Å². The second-order valence-electron chi connectivity index (χ2n) is 7.08. The van der Waals surface area contributed by atoms with E-state index in [1.165, 1.54) is 23.5 Å². The van der Waals surface area contributed by atoms with Crippen molar-refractivity contribution in [2.75, 3.05) is 5.32 Å². The van der Waals surface area contributed by atoms with Crippen LogP contribution in [0.15, 0.2) is 66.7 Å². The maximum absolute atomic E-state index is 13.6. The SMILES string of the molecule is Cc1c(C(=O)Nc2ccccc2COc2ccc(CC#N)cc2)sc2ccc(F)cc12. The lowest BCUT2D eigenvalue weighted by molar-refractivity contribution is 0.103. The molecular formula is C25H19FN2O2S. The maximum atomic E-state index is 13.6. The molecule has 0 unspecified atom stereocenters. The van der Waals surface area contributed by atoms with Crippen LogP contribution in [0.2, 0.25) is 0 Å². The van der Waals surface area contributed by atoms with Gasteiger partial charge in [0.15, 0.2) is 0 Å². The van der Waals surface area contributed by atoms with Crippen LogP contribution in [-0.4, -0.2) is 5.91 Å². The number of nitrogens with zero attached hydrogens (tertiary/aromatic N) is 1. The molecule has 0 aliphatic rings. The molecule has 0 atom stereocenters. The molecular weight excluding hydrogens is 411 g/mol. The van der Waals surface area contributed by atoms with Crippen molar-refractivity contribution in [1.29, 1.82) is 5.26 Å². The molecule has 3 aromatic carbocycles. The molecule has 4 rings (SSSR count). The average molecular weight is 431 g/mol. The highest BCUT2D eigenvalue weighted by Gasteiger charge is 2.17. The summed E-state index contributed by atoms with van der Waals surface area (Å²) < 4.78 is 20.3. The molecule has 1 N–H and O–H groups in total. The van der Waals surface area contributed by atoms with Crippen molar-refractivity contribution in [1.82, 2.24) is 0 Å². The van der Waals surface area contributed by atoms with Gasteiger partial charge < -0.3 is 10.1 Å². The zero-order chi connectivity index (χ0) is 21.8. The number of rotatable bonds is 6. The Morgan fingerprint density at radius 2 is 1.90 bits per heavy atom. The first-order valence-corrected chi connectivity index (χ1v) is 10.5. The van der Waals surface area contributed by atoms with Gasteiger partial charge in [-0.1, -0.05) is 30.3 Å². The summed E-state index contributed by atoms with van der Waals surface area (Å²) in [4.78, 5) is 13.5. The standard InChI is InChI=1S/C25H19FN2O2S/c1-16-21-14-19(26)8-11-23(21)31-24(16)25(29)28-22-5-3-2-4-18(22)15-30-20-9-6-17(7-10-20)12-13-27/h2-11,14H,12,15H2,1H3,(H,28,29). The van der Waals surface area contributed by atoms with E-state index in [1.807, 2.05) is 55.5 Å². The van der Waals surface area contributed by atoms with E-state index in [9.17, 15) is 9.18 Å². The number of para-hydroxylation sites is 1. The van der Waals surface area contributed by atoms with Crippen molar-refractivity contribution in [3.63, 3.8) is 0 Å². The summed E-state index contributed by atoms with van der Waals surface area (Å²) in [7, 11) is 0. The van der Waals surface area contributed by atoms with Gasteiger partial charge in [-0.25, -0.2) is 4.39 Å². The Morgan fingerprint density at radius 3 is 2.68 bits per heavy atom. The monoisotopic (exact) mass is 430 g/mol. The normalized spacial score (nSPS) is 10.6. The maximum Gasteiger partial charge on any atom is 0.266 e. The molecule has 1 amide bonds. The zero-order valence-corrected chi connectivity index (χ0v) is 17.6. The van der Waals surface area contributed by atoms with Crippen LogP contribution in [0.25, 0.3) is 10.1 Å². The van der Waals surface area contributed by atoms with Crippen molar-refractivity contribution in [2.24, 2.45) is 0 Å². The lowest BCUT2D eigenvalue weighted by atomic mass is 10.1. The first kappa shape index (κ1) is 20.6. The van der Waals surface area contributed by atoms with Crippen LogP contribution in [0.4, 0.5) is 10.1 Å². The Balaban J connectivity index is 1.50. The van der Waals surface area contributed by atoms with Gasteiger partial charge in [-0.05, 0) is 59.8 Å². The fraction of sp³-hybridized carbons (Fsp3) is 0.120. The number of halogens is 1. The predicted molar refractivity (Wildman–Crippen MR) is 121 cm³/mol. The van der Waals surface area contributed by atoms with E-state index in [-0.39, 0.29) is 18.3 Å². The smallest absolute Gasteiger partial charge is 0.266 e.